The molecule has 426 valence electrons. The van der Waals surface area contributed by atoms with Crippen molar-refractivity contribution in [2.24, 2.45) is 23.7 Å². The normalized spacial score (nSPS) is 21.2. The van der Waals surface area contributed by atoms with E-state index < -0.39 is 91.6 Å². The van der Waals surface area contributed by atoms with Crippen molar-refractivity contribution >= 4 is 40.5 Å². The van der Waals surface area contributed by atoms with E-state index >= 15 is 0 Å². The van der Waals surface area contributed by atoms with Gasteiger partial charge in [0.25, 0.3) is 0 Å². The maximum absolute atomic E-state index is 12.9. The largest absolute Gasteiger partial charge is 0.508 e. The van der Waals surface area contributed by atoms with E-state index in [9.17, 15) is 69.3 Å². The molecule has 3 aliphatic rings. The lowest BCUT2D eigenvalue weighted by Gasteiger charge is -2.32. The first-order valence-electron chi connectivity index (χ1n) is 26.5. The molecule has 3 rings (SSSR count). The van der Waals surface area contributed by atoms with Crippen molar-refractivity contribution in [1.82, 2.24) is 0 Å². The number of aliphatic hydroxyl groups excluding tert-OH is 4. The highest BCUT2D eigenvalue weighted by Crippen LogP contribution is 2.41. The molecule has 0 saturated heterocycles. The highest BCUT2D eigenvalue weighted by atomic mass is 16.4. The molecule has 14 nitrogen and oxygen atoms in total. The van der Waals surface area contributed by atoms with E-state index in [0.717, 1.165) is 33.4 Å². The third-order valence-electron chi connectivity index (χ3n) is 12.7. The zero-order chi connectivity index (χ0) is 59.8. The van der Waals surface area contributed by atoms with Crippen molar-refractivity contribution in [3.8, 4) is 0 Å². The van der Waals surface area contributed by atoms with Gasteiger partial charge in [-0.05, 0) is 126 Å². The molecule has 14 heteroatoms. The summed E-state index contributed by atoms with van der Waals surface area (Å²) in [7, 11) is 0. The van der Waals surface area contributed by atoms with E-state index in [1.54, 1.807) is 58.1 Å². The van der Waals surface area contributed by atoms with Crippen molar-refractivity contribution in [3.63, 3.8) is 0 Å². The molecule has 0 aliphatic heterocycles. The molecule has 0 fully saturated rings. The van der Waals surface area contributed by atoms with Gasteiger partial charge in [0, 0.05) is 49.7 Å². The van der Waals surface area contributed by atoms with Crippen LogP contribution in [0, 0.1) is 23.7 Å². The van der Waals surface area contributed by atoms with Crippen LogP contribution < -0.4 is 0 Å². The van der Waals surface area contributed by atoms with Gasteiger partial charge in [0.15, 0.2) is 45.7 Å². The molecule has 0 aromatic rings. The molecule has 0 aromatic carbocycles. The Kier molecular flexibility index (Phi) is 26.5. The smallest absolute Gasteiger partial charge is 0.209 e. The Hall–Kier alpha value is -6.09. The van der Waals surface area contributed by atoms with Crippen LogP contribution in [0.15, 0.2) is 127 Å². The third kappa shape index (κ3) is 18.8. The zero-order valence-electron chi connectivity index (χ0n) is 49.2. The third-order valence-corrected chi connectivity index (χ3v) is 12.7. The lowest BCUT2D eigenvalue weighted by Crippen LogP contribution is -2.46. The highest BCUT2D eigenvalue weighted by molar-refractivity contribution is 6.27. The van der Waals surface area contributed by atoms with Crippen LogP contribution in [0.3, 0.4) is 0 Å². The molecule has 0 radical (unpaired) electrons. The summed E-state index contributed by atoms with van der Waals surface area (Å²) in [5.74, 6) is -7.19. The van der Waals surface area contributed by atoms with E-state index in [1.165, 1.54) is 6.08 Å². The van der Waals surface area contributed by atoms with Crippen LogP contribution in [0.4, 0.5) is 0 Å². The number of rotatable bonds is 22. The Morgan fingerprint density at radius 3 is 1.13 bits per heavy atom. The van der Waals surface area contributed by atoms with Gasteiger partial charge in [-0.25, -0.2) is 0 Å². The molecule has 0 aromatic heterocycles. The van der Waals surface area contributed by atoms with Gasteiger partial charge < -0.3 is 35.7 Å². The first kappa shape index (κ1) is 68.9. The second-order valence-electron chi connectivity index (χ2n) is 23.2. The second kappa shape index (κ2) is 29.6. The SMILES string of the molecule is CC(C)=CCC(=O)[C@@]1(O)C=C(C(=O)CC(C)C)C(=O)C1CC=C(C)C.CC(C)=CCC1=C(O)[C@@](O)(CC=C(C)C)C(=O)C(C(=O)CC(C)C)=C1O.CC(C)=CCC1=C(O)[C@@](O)(CC=C(C)C)C(=O)C(C(=O)CC(C)C)=C1O. The molecule has 0 bridgehead atoms. The minimum Gasteiger partial charge on any atom is -0.508 e. The van der Waals surface area contributed by atoms with Crippen molar-refractivity contribution in [3.05, 3.63) is 127 Å². The van der Waals surface area contributed by atoms with Crippen LogP contribution in [0.25, 0.3) is 0 Å². The van der Waals surface area contributed by atoms with Crippen LogP contribution >= 0.6 is 0 Å². The van der Waals surface area contributed by atoms with Gasteiger partial charge in [-0.15, -0.1) is 0 Å². The van der Waals surface area contributed by atoms with E-state index in [0.29, 0.717) is 0 Å². The summed E-state index contributed by atoms with van der Waals surface area (Å²) >= 11 is 0. The average Bonchev–Trinajstić information content (AvgIpc) is 3.56. The fourth-order valence-electron chi connectivity index (χ4n) is 8.27. The fraction of sp³-hybridized carbons (Fsp3) is 0.540. The van der Waals surface area contributed by atoms with Gasteiger partial charge in [-0.1, -0.05) is 111 Å². The number of ketones is 7. The van der Waals surface area contributed by atoms with E-state index in [1.807, 2.05) is 103 Å². The lowest BCUT2D eigenvalue weighted by molar-refractivity contribution is -0.140. The highest BCUT2D eigenvalue weighted by Gasteiger charge is 2.53. The zero-order valence-corrected chi connectivity index (χ0v) is 49.2. The molecule has 0 heterocycles. The lowest BCUT2D eigenvalue weighted by atomic mass is 9.76. The van der Waals surface area contributed by atoms with Crippen LogP contribution in [0.1, 0.15) is 182 Å². The summed E-state index contributed by atoms with van der Waals surface area (Å²) in [4.78, 5) is 88.6. The van der Waals surface area contributed by atoms with Crippen molar-refractivity contribution in [2.75, 3.05) is 0 Å². The van der Waals surface area contributed by atoms with Gasteiger partial charge in [0.2, 0.25) is 11.6 Å². The molecular weight excluding hydrogens is 981 g/mol. The number of Topliss-reactive ketones (excluding diaryl/α,β-unsaturated/α-hetero) is 7. The summed E-state index contributed by atoms with van der Waals surface area (Å²) in [6, 6.07) is 0. The number of carbonyl (C=O) groups is 7. The Bertz CT molecular complexity index is 2510. The molecule has 0 spiro atoms. The number of hydrogen-bond donors (Lipinski definition) is 7. The summed E-state index contributed by atoms with van der Waals surface area (Å²) in [6.45, 7) is 33.3. The maximum Gasteiger partial charge on any atom is 0.209 e. The maximum atomic E-state index is 12.9. The fourth-order valence-corrected chi connectivity index (χ4v) is 8.27. The minimum atomic E-state index is -2.24. The van der Waals surface area contributed by atoms with Crippen molar-refractivity contribution in [2.45, 2.75) is 199 Å². The summed E-state index contributed by atoms with van der Waals surface area (Å²) in [5.41, 5.74) is -1.65. The van der Waals surface area contributed by atoms with E-state index in [-0.39, 0.29) is 98.0 Å². The first-order chi connectivity index (χ1) is 35.3. The second-order valence-corrected chi connectivity index (χ2v) is 23.2. The predicted molar refractivity (Wildman–Crippen MR) is 303 cm³/mol. The van der Waals surface area contributed by atoms with Crippen LogP contribution in [0.5, 0.6) is 0 Å². The van der Waals surface area contributed by atoms with E-state index in [4.69, 9.17) is 0 Å². The van der Waals surface area contributed by atoms with Crippen molar-refractivity contribution in [1.29, 1.82) is 0 Å². The van der Waals surface area contributed by atoms with Crippen LogP contribution in [-0.2, 0) is 33.6 Å². The van der Waals surface area contributed by atoms with Gasteiger partial charge in [0.1, 0.15) is 34.2 Å². The van der Waals surface area contributed by atoms with Gasteiger partial charge in [0.05, 0.1) is 11.5 Å². The number of carbonyl (C=O) groups excluding carboxylic acids is 7. The quantitative estimate of drug-likeness (QED) is 0.0393. The van der Waals surface area contributed by atoms with Gasteiger partial charge in [-0.2, -0.15) is 0 Å². The molecule has 3 aliphatic carbocycles. The van der Waals surface area contributed by atoms with Gasteiger partial charge >= 0.3 is 0 Å². The molecule has 1 unspecified atom stereocenters. The monoisotopic (exact) mass is 1070 g/mol. The summed E-state index contributed by atoms with van der Waals surface area (Å²) in [6.07, 6.45) is 12.1. The summed E-state index contributed by atoms with van der Waals surface area (Å²) < 4.78 is 0. The number of allylic oxidation sites excluding steroid dienone is 13. The van der Waals surface area contributed by atoms with Crippen LogP contribution in [-0.4, -0.2) is 93.0 Å². The molecule has 0 saturated carbocycles. The molecular formula is C63H90O14. The van der Waals surface area contributed by atoms with Gasteiger partial charge in [-0.3, -0.25) is 33.6 Å². The van der Waals surface area contributed by atoms with Crippen molar-refractivity contribution < 1.29 is 69.3 Å². The number of aliphatic hydroxyl groups is 7. The van der Waals surface area contributed by atoms with E-state index in [2.05, 4.69) is 0 Å². The molecule has 0 amide bonds. The first-order valence-corrected chi connectivity index (χ1v) is 26.5. The Morgan fingerprint density at radius 2 is 0.818 bits per heavy atom. The predicted octanol–water partition coefficient (Wildman–Crippen LogP) is 12.2. The Morgan fingerprint density at radius 1 is 0.494 bits per heavy atom. The molecule has 77 heavy (non-hydrogen) atoms. The number of hydrogen-bond acceptors (Lipinski definition) is 14. The average molecular weight is 1070 g/mol. The Balaban J connectivity index is 0.000000578. The Labute approximate surface area is 457 Å². The minimum absolute atomic E-state index is 0.0118. The molecule has 7 N–H and O–H groups in total. The topological polar surface area (TPSA) is 261 Å². The summed E-state index contributed by atoms with van der Waals surface area (Å²) in [5, 5.41) is 75.1. The van der Waals surface area contributed by atoms with Crippen LogP contribution in [0.2, 0.25) is 0 Å². The standard InChI is InChI=1S/2C21H30O5.C21H30O4/c2*1-12(2)7-8-15-18(23)17(16(22)11-14(5)6)20(25)21(26,19(15)24)10-9-13(3)4;1-13(2)7-9-17-20(24)16(18(22)11-15(5)6)12-21(17,25)19(23)10-8-14(3)4/h2*7,9,14,23-24,26H,8,10-11H2,1-6H3;7-8,12,15,17,25H,9-11H2,1-6H3/t2*21-;17?,21-/m001/s1. The molecule has 4 atom stereocenters.